The zero-order valence-corrected chi connectivity index (χ0v) is 10.3. The van der Waals surface area contributed by atoms with Gasteiger partial charge in [0.05, 0.1) is 13.2 Å². The van der Waals surface area contributed by atoms with Crippen LogP contribution < -0.4 is 5.32 Å². The van der Waals surface area contributed by atoms with E-state index in [9.17, 15) is 0 Å². The van der Waals surface area contributed by atoms with Crippen molar-refractivity contribution in [3.8, 4) is 0 Å². The van der Waals surface area contributed by atoms with Gasteiger partial charge in [-0.1, -0.05) is 31.8 Å². The van der Waals surface area contributed by atoms with Crippen LogP contribution in [0.15, 0.2) is 11.6 Å². The molecule has 2 heteroatoms. The lowest BCUT2D eigenvalue weighted by atomic mass is 10.0. The second kappa shape index (κ2) is 7.08. The van der Waals surface area contributed by atoms with Gasteiger partial charge in [0, 0.05) is 6.54 Å². The molecule has 0 aromatic carbocycles. The molecule has 2 nitrogen and oxygen atoms in total. The van der Waals surface area contributed by atoms with Crippen molar-refractivity contribution in [1.29, 1.82) is 0 Å². The molecule has 1 saturated carbocycles. The van der Waals surface area contributed by atoms with Crippen LogP contribution in [0.5, 0.6) is 0 Å². The average molecular weight is 223 g/mol. The Morgan fingerprint density at radius 3 is 2.94 bits per heavy atom. The minimum atomic E-state index is 0.843. The van der Waals surface area contributed by atoms with E-state index in [0.29, 0.717) is 0 Å². The molecule has 1 heterocycles. The summed E-state index contributed by atoms with van der Waals surface area (Å²) < 4.78 is 5.41. The minimum absolute atomic E-state index is 0.843. The van der Waals surface area contributed by atoms with Crippen LogP contribution >= 0.6 is 0 Å². The van der Waals surface area contributed by atoms with Crippen molar-refractivity contribution in [1.82, 2.24) is 5.32 Å². The molecule has 0 unspecified atom stereocenters. The smallest absolute Gasteiger partial charge is 0.0689 e. The number of hydrogen-bond donors (Lipinski definition) is 1. The van der Waals surface area contributed by atoms with E-state index in [2.05, 4.69) is 11.4 Å². The Bertz CT molecular complexity index is 219. The molecule has 1 fully saturated rings. The van der Waals surface area contributed by atoms with Crippen molar-refractivity contribution in [3.05, 3.63) is 11.6 Å². The van der Waals surface area contributed by atoms with Gasteiger partial charge in [-0.2, -0.15) is 0 Å². The summed E-state index contributed by atoms with van der Waals surface area (Å²) in [6.07, 6.45) is 12.1. The van der Waals surface area contributed by atoms with E-state index in [1.165, 1.54) is 50.6 Å². The Morgan fingerprint density at radius 2 is 2.19 bits per heavy atom. The van der Waals surface area contributed by atoms with Gasteiger partial charge < -0.3 is 10.1 Å². The molecule has 0 atom stereocenters. The Hall–Kier alpha value is -0.340. The molecule has 0 aromatic heterocycles. The fraction of sp³-hybridized carbons (Fsp3) is 0.857. The lowest BCUT2D eigenvalue weighted by Gasteiger charge is -2.14. The highest BCUT2D eigenvalue weighted by Gasteiger charge is 2.13. The molecular weight excluding hydrogens is 198 g/mol. The van der Waals surface area contributed by atoms with E-state index in [-0.39, 0.29) is 0 Å². The topological polar surface area (TPSA) is 21.3 Å². The van der Waals surface area contributed by atoms with Crippen LogP contribution in [0.1, 0.15) is 44.9 Å². The molecule has 16 heavy (non-hydrogen) atoms. The van der Waals surface area contributed by atoms with Crippen molar-refractivity contribution in [2.45, 2.75) is 44.9 Å². The lowest BCUT2D eigenvalue weighted by molar-refractivity contribution is 0.149. The highest BCUT2D eigenvalue weighted by molar-refractivity contribution is 5.06. The van der Waals surface area contributed by atoms with Crippen LogP contribution in [-0.2, 0) is 4.74 Å². The number of ether oxygens (including phenoxy) is 1. The van der Waals surface area contributed by atoms with Crippen LogP contribution in [0.3, 0.4) is 0 Å². The van der Waals surface area contributed by atoms with Crippen molar-refractivity contribution in [3.63, 3.8) is 0 Å². The molecule has 0 saturated heterocycles. The Kier molecular flexibility index (Phi) is 5.36. The van der Waals surface area contributed by atoms with Gasteiger partial charge in [0.15, 0.2) is 0 Å². The van der Waals surface area contributed by atoms with Crippen LogP contribution in [0.4, 0.5) is 0 Å². The summed E-state index contributed by atoms with van der Waals surface area (Å²) in [6.45, 7) is 3.96. The van der Waals surface area contributed by atoms with Crippen molar-refractivity contribution in [2.24, 2.45) is 5.92 Å². The summed E-state index contributed by atoms with van der Waals surface area (Å²) in [4.78, 5) is 0. The quantitative estimate of drug-likeness (QED) is 0.552. The highest BCUT2D eigenvalue weighted by Crippen LogP contribution is 2.28. The molecule has 1 aliphatic carbocycles. The molecule has 92 valence electrons. The van der Waals surface area contributed by atoms with Crippen LogP contribution in [0.25, 0.3) is 0 Å². The van der Waals surface area contributed by atoms with Gasteiger partial charge in [0.25, 0.3) is 0 Å². The summed E-state index contributed by atoms with van der Waals surface area (Å²) >= 11 is 0. The first-order valence-electron chi connectivity index (χ1n) is 6.91. The summed E-state index contributed by atoms with van der Waals surface area (Å²) in [6, 6.07) is 0. The average Bonchev–Trinajstić information content (AvgIpc) is 2.83. The summed E-state index contributed by atoms with van der Waals surface area (Å²) in [5.74, 6) is 1.04. The van der Waals surface area contributed by atoms with E-state index < -0.39 is 0 Å². The zero-order chi connectivity index (χ0) is 11.1. The first-order valence-corrected chi connectivity index (χ1v) is 6.91. The molecule has 0 aromatic rings. The van der Waals surface area contributed by atoms with E-state index in [4.69, 9.17) is 4.74 Å². The first-order chi connectivity index (χ1) is 7.95. The summed E-state index contributed by atoms with van der Waals surface area (Å²) in [5.41, 5.74) is 1.44. The van der Waals surface area contributed by atoms with Gasteiger partial charge in [0.2, 0.25) is 0 Å². The van der Waals surface area contributed by atoms with Crippen LogP contribution in [0.2, 0.25) is 0 Å². The van der Waals surface area contributed by atoms with E-state index in [0.717, 1.165) is 32.1 Å². The third kappa shape index (κ3) is 4.26. The highest BCUT2D eigenvalue weighted by atomic mass is 16.5. The molecule has 1 N–H and O–H groups in total. The molecule has 0 radical (unpaired) electrons. The predicted molar refractivity (Wildman–Crippen MR) is 67.6 cm³/mol. The normalized spacial score (nSPS) is 22.4. The standard InChI is InChI=1S/C14H25NO/c1-2-6-13(5-1)7-3-9-15-11-14-8-4-10-16-12-14/h8,13,15H,1-7,9-12H2. The van der Waals surface area contributed by atoms with E-state index in [1.807, 2.05) is 0 Å². The molecule has 1 aliphatic heterocycles. The maximum atomic E-state index is 5.41. The Morgan fingerprint density at radius 1 is 1.31 bits per heavy atom. The van der Waals surface area contributed by atoms with Crippen molar-refractivity contribution < 1.29 is 4.74 Å². The minimum Gasteiger partial charge on any atom is -0.377 e. The summed E-state index contributed by atoms with van der Waals surface area (Å²) in [7, 11) is 0. The third-order valence-corrected chi connectivity index (χ3v) is 3.78. The van der Waals surface area contributed by atoms with Gasteiger partial charge in [-0.15, -0.1) is 0 Å². The first kappa shape index (κ1) is 12.1. The van der Waals surface area contributed by atoms with Crippen molar-refractivity contribution in [2.75, 3.05) is 26.3 Å². The SMILES string of the molecule is C1=C(CNCCCC2CCCC2)COCC1. The second-order valence-corrected chi connectivity index (χ2v) is 5.17. The van der Waals surface area contributed by atoms with Gasteiger partial charge in [-0.25, -0.2) is 0 Å². The Labute approximate surface area is 99.4 Å². The largest absolute Gasteiger partial charge is 0.377 e. The molecule has 0 spiro atoms. The zero-order valence-electron chi connectivity index (χ0n) is 10.3. The van der Waals surface area contributed by atoms with Gasteiger partial charge in [0.1, 0.15) is 0 Å². The Balaban J connectivity index is 1.46. The fourth-order valence-electron chi connectivity index (χ4n) is 2.80. The second-order valence-electron chi connectivity index (χ2n) is 5.17. The monoisotopic (exact) mass is 223 g/mol. The molecule has 2 aliphatic rings. The van der Waals surface area contributed by atoms with Gasteiger partial charge in [-0.3, -0.25) is 0 Å². The predicted octanol–water partition coefficient (Wildman–Crippen LogP) is 2.89. The van der Waals surface area contributed by atoms with E-state index in [1.54, 1.807) is 0 Å². The number of nitrogens with one attached hydrogen (secondary N) is 1. The van der Waals surface area contributed by atoms with E-state index >= 15 is 0 Å². The molecular formula is C14H25NO. The molecule has 2 rings (SSSR count). The number of rotatable bonds is 6. The molecule has 0 amide bonds. The van der Waals surface area contributed by atoms with Crippen LogP contribution in [0, 0.1) is 5.92 Å². The lowest BCUT2D eigenvalue weighted by Crippen LogP contribution is -2.22. The van der Waals surface area contributed by atoms with Crippen molar-refractivity contribution >= 4 is 0 Å². The maximum absolute atomic E-state index is 5.41. The molecule has 0 bridgehead atoms. The number of hydrogen-bond acceptors (Lipinski definition) is 2. The fourth-order valence-corrected chi connectivity index (χ4v) is 2.80. The van der Waals surface area contributed by atoms with Crippen LogP contribution in [-0.4, -0.2) is 26.3 Å². The van der Waals surface area contributed by atoms with Gasteiger partial charge in [-0.05, 0) is 37.3 Å². The maximum Gasteiger partial charge on any atom is 0.0689 e. The van der Waals surface area contributed by atoms with Gasteiger partial charge >= 0.3 is 0 Å². The third-order valence-electron chi connectivity index (χ3n) is 3.78. The summed E-state index contributed by atoms with van der Waals surface area (Å²) in [5, 5.41) is 3.53.